The van der Waals surface area contributed by atoms with Crippen molar-refractivity contribution in [3.8, 4) is 11.5 Å². The van der Waals surface area contributed by atoms with E-state index in [1.165, 1.54) is 99.4 Å². The molecule has 1 aromatic heterocycles. The minimum absolute atomic E-state index is 0.0129. The largest absolute Gasteiger partial charge is 0.457 e. The molecule has 1 fully saturated rings. The standard InChI is InChI=1S/C62H66BN3OS/c1-59(2,3)41-22-26-43(27-23-41)64-45-18-14-20-48(36-45)67-49-21-15-19-46(37-49)65-51-38-47(64)30-31-50(51)63-55-52(65)34-40(39-16-12-11-13-17-39)35-53(55)66(44-28-24-42(25-29-44)60(4,5)6)56-54-57(68-58(56)63)62(9,10)33-32-61(54,7)8/h14-15,18-31,34-39H,11-13,16-17,32-33H2,1-10H3. The van der Waals surface area contributed by atoms with Gasteiger partial charge in [-0.05, 0) is 159 Å². The molecule has 6 heteroatoms. The lowest BCUT2D eigenvalue weighted by molar-refractivity contribution is 0.339. The van der Waals surface area contributed by atoms with Crippen LogP contribution in [-0.2, 0) is 21.7 Å². The smallest absolute Gasteiger partial charge is 0.264 e. The molecule has 6 bridgehead atoms. The van der Waals surface area contributed by atoms with Crippen LogP contribution in [0.4, 0.5) is 51.2 Å². The lowest BCUT2D eigenvalue weighted by atomic mass is 9.36. The highest BCUT2D eigenvalue weighted by atomic mass is 32.1. The highest BCUT2D eigenvalue weighted by Gasteiger charge is 2.51. The first kappa shape index (κ1) is 43.6. The normalized spacial score (nSPS) is 17.9. The average Bonchev–Trinajstić information content (AvgIpc) is 3.73. The number of rotatable bonds is 3. The Morgan fingerprint density at radius 1 is 0.544 bits per heavy atom. The van der Waals surface area contributed by atoms with Crippen LogP contribution in [-0.4, -0.2) is 6.71 Å². The van der Waals surface area contributed by atoms with Crippen molar-refractivity contribution in [3.05, 3.63) is 155 Å². The third-order valence-corrected chi connectivity index (χ3v) is 17.9. The van der Waals surface area contributed by atoms with E-state index in [-0.39, 0.29) is 28.4 Å². The number of fused-ring (bicyclic) bond motifs is 12. The van der Waals surface area contributed by atoms with E-state index < -0.39 is 0 Å². The molecule has 0 spiro atoms. The molecule has 4 heterocycles. The zero-order valence-electron chi connectivity index (χ0n) is 41.9. The number of hydrogen-bond donors (Lipinski definition) is 0. The fourth-order valence-corrected chi connectivity index (χ4v) is 14.0. The Balaban J connectivity index is 1.18. The zero-order chi connectivity index (χ0) is 47.1. The third-order valence-electron chi connectivity index (χ3n) is 16.3. The molecule has 0 amide bonds. The summed E-state index contributed by atoms with van der Waals surface area (Å²) in [4.78, 5) is 9.34. The maximum atomic E-state index is 6.85. The minimum Gasteiger partial charge on any atom is -0.457 e. The maximum absolute atomic E-state index is 6.85. The summed E-state index contributed by atoms with van der Waals surface area (Å²) in [5.74, 6) is 2.15. The van der Waals surface area contributed by atoms with Gasteiger partial charge in [-0.3, -0.25) is 0 Å². The molecular formula is C62H66BN3OS. The molecule has 6 aromatic carbocycles. The van der Waals surface area contributed by atoms with Crippen molar-refractivity contribution in [1.29, 1.82) is 0 Å². The zero-order valence-corrected chi connectivity index (χ0v) is 42.7. The second kappa shape index (κ2) is 15.4. The van der Waals surface area contributed by atoms with E-state index in [0.29, 0.717) is 5.92 Å². The van der Waals surface area contributed by atoms with Gasteiger partial charge in [0.05, 0.1) is 5.69 Å². The number of anilines is 9. The molecule has 12 rings (SSSR count). The summed E-state index contributed by atoms with van der Waals surface area (Å²) >= 11 is 2.11. The molecule has 0 saturated heterocycles. The number of ether oxygens (including phenoxy) is 1. The molecule has 0 N–H and O–H groups in total. The summed E-state index contributed by atoms with van der Waals surface area (Å²) < 4.78 is 8.33. The van der Waals surface area contributed by atoms with Gasteiger partial charge < -0.3 is 19.4 Å². The molecule has 4 nitrogen and oxygen atoms in total. The summed E-state index contributed by atoms with van der Waals surface area (Å²) in [6.07, 6.45) is 8.69. The van der Waals surface area contributed by atoms with Crippen molar-refractivity contribution >= 4 is 84.9 Å². The van der Waals surface area contributed by atoms with Crippen LogP contribution in [0.5, 0.6) is 11.5 Å². The quantitative estimate of drug-likeness (QED) is 0.164. The van der Waals surface area contributed by atoms with Crippen LogP contribution in [0.3, 0.4) is 0 Å². The number of nitrogens with zero attached hydrogens (tertiary/aromatic N) is 3. The SMILES string of the molecule is CC(C)(C)c1ccc(N2c3cccc(c3)Oc3cccc(c3)N3c4cc2ccc4B2c4sc5c(c4N(c4ccc(C(C)(C)C)cc4)c4cc(C6CCCCC6)cc3c42)C(C)(C)CCC5(C)C)cc1. The first-order valence-corrected chi connectivity index (χ1v) is 26.3. The molecule has 344 valence electrons. The second-order valence-electron chi connectivity index (χ2n) is 24.0. The summed E-state index contributed by atoms with van der Waals surface area (Å²) in [5, 5.41) is 0. The van der Waals surface area contributed by atoms with Crippen molar-refractivity contribution in [2.45, 2.75) is 142 Å². The summed E-state index contributed by atoms with van der Waals surface area (Å²) in [5.41, 5.74) is 19.6. The summed E-state index contributed by atoms with van der Waals surface area (Å²) in [6, 6.07) is 49.0. The predicted molar refractivity (Wildman–Crippen MR) is 292 cm³/mol. The fourth-order valence-electron chi connectivity index (χ4n) is 12.3. The summed E-state index contributed by atoms with van der Waals surface area (Å²) in [6.45, 7) is 24.0. The van der Waals surface area contributed by atoms with Crippen molar-refractivity contribution in [2.75, 3.05) is 14.7 Å². The Hall–Kier alpha value is -5.72. The van der Waals surface area contributed by atoms with Gasteiger partial charge in [0.25, 0.3) is 6.71 Å². The van der Waals surface area contributed by atoms with Crippen LogP contribution in [0.15, 0.2) is 127 Å². The van der Waals surface area contributed by atoms with Gasteiger partial charge in [0.1, 0.15) is 11.5 Å². The number of thiophene rings is 1. The highest BCUT2D eigenvalue weighted by Crippen LogP contribution is 2.57. The van der Waals surface area contributed by atoms with Gasteiger partial charge in [0.15, 0.2) is 0 Å². The lowest BCUT2D eigenvalue weighted by Crippen LogP contribution is -2.60. The Kier molecular flexibility index (Phi) is 9.86. The van der Waals surface area contributed by atoms with E-state index in [1.807, 2.05) is 0 Å². The van der Waals surface area contributed by atoms with Crippen LogP contribution in [0, 0.1) is 0 Å². The van der Waals surface area contributed by atoms with E-state index in [4.69, 9.17) is 4.74 Å². The number of hydrogen-bond acceptors (Lipinski definition) is 5. The van der Waals surface area contributed by atoms with Crippen molar-refractivity contribution in [3.63, 3.8) is 0 Å². The number of benzene rings is 6. The van der Waals surface area contributed by atoms with Gasteiger partial charge >= 0.3 is 0 Å². The van der Waals surface area contributed by atoms with Gasteiger partial charge in [-0.2, -0.15) is 11.3 Å². The molecule has 0 atom stereocenters. The first-order valence-electron chi connectivity index (χ1n) is 25.4. The third kappa shape index (κ3) is 6.98. The summed E-state index contributed by atoms with van der Waals surface area (Å²) in [7, 11) is 0. The van der Waals surface area contributed by atoms with Crippen molar-refractivity contribution in [2.24, 2.45) is 0 Å². The van der Waals surface area contributed by atoms with Gasteiger partial charge in [0, 0.05) is 67.3 Å². The van der Waals surface area contributed by atoms with E-state index in [1.54, 1.807) is 10.4 Å². The lowest BCUT2D eigenvalue weighted by Gasteiger charge is -2.46. The van der Waals surface area contributed by atoms with Crippen LogP contribution in [0.25, 0.3) is 0 Å². The van der Waals surface area contributed by atoms with E-state index >= 15 is 0 Å². The van der Waals surface area contributed by atoms with E-state index in [2.05, 4.69) is 223 Å². The monoisotopic (exact) mass is 912 g/mol. The molecule has 5 aliphatic rings. The molecule has 1 saturated carbocycles. The molecule has 0 radical (unpaired) electrons. The average molecular weight is 912 g/mol. The van der Waals surface area contributed by atoms with Crippen molar-refractivity contribution < 1.29 is 4.74 Å². The maximum Gasteiger partial charge on any atom is 0.264 e. The second-order valence-corrected chi connectivity index (χ2v) is 25.0. The van der Waals surface area contributed by atoms with Crippen LogP contribution >= 0.6 is 11.3 Å². The van der Waals surface area contributed by atoms with Crippen LogP contribution < -0.4 is 35.1 Å². The molecular weight excluding hydrogens is 846 g/mol. The van der Waals surface area contributed by atoms with Gasteiger partial charge in [-0.25, -0.2) is 0 Å². The van der Waals surface area contributed by atoms with Crippen molar-refractivity contribution in [1.82, 2.24) is 0 Å². The Labute approximate surface area is 410 Å². The Morgan fingerprint density at radius 3 is 1.68 bits per heavy atom. The Bertz CT molecular complexity index is 3120. The highest BCUT2D eigenvalue weighted by molar-refractivity contribution is 7.29. The fraction of sp³-hybridized carbons (Fsp3) is 0.355. The topological polar surface area (TPSA) is 19.0 Å². The molecule has 2 aliphatic carbocycles. The Morgan fingerprint density at radius 2 is 1.07 bits per heavy atom. The molecule has 68 heavy (non-hydrogen) atoms. The van der Waals surface area contributed by atoms with Gasteiger partial charge in [-0.1, -0.05) is 131 Å². The van der Waals surface area contributed by atoms with E-state index in [9.17, 15) is 0 Å². The van der Waals surface area contributed by atoms with E-state index in [0.717, 1.165) is 40.7 Å². The van der Waals surface area contributed by atoms with Crippen LogP contribution in [0.1, 0.15) is 147 Å². The van der Waals surface area contributed by atoms with Crippen LogP contribution in [0.2, 0.25) is 0 Å². The molecule has 0 unspecified atom stereocenters. The van der Waals surface area contributed by atoms with Gasteiger partial charge in [0.2, 0.25) is 0 Å². The first-order chi connectivity index (χ1) is 32.4. The van der Waals surface area contributed by atoms with Gasteiger partial charge in [-0.15, -0.1) is 0 Å². The molecule has 7 aromatic rings. The minimum atomic E-state index is 0.0129. The predicted octanol–water partition coefficient (Wildman–Crippen LogP) is 16.4. The molecule has 3 aliphatic heterocycles.